The Bertz CT molecular complexity index is 1660. The largest absolute Gasteiger partial charge is 0.494 e. The van der Waals surface area contributed by atoms with Gasteiger partial charge in [0.2, 0.25) is 5.82 Å². The first-order valence-corrected chi connectivity index (χ1v) is 13.6. The minimum absolute atomic E-state index is 0.0345. The summed E-state index contributed by atoms with van der Waals surface area (Å²) in [7, 11) is 7.20. The number of carbonyl (C=O) groups excluding carboxylic acids is 2. The van der Waals surface area contributed by atoms with Gasteiger partial charge in [-0.25, -0.2) is 14.4 Å². The van der Waals surface area contributed by atoms with E-state index in [1.807, 2.05) is 39.0 Å². The van der Waals surface area contributed by atoms with E-state index in [0.717, 1.165) is 5.56 Å². The Morgan fingerprint density at radius 2 is 1.90 bits per heavy atom. The van der Waals surface area contributed by atoms with E-state index in [2.05, 4.69) is 20.6 Å². The second-order valence-electron chi connectivity index (χ2n) is 11.5. The van der Waals surface area contributed by atoms with Crippen molar-refractivity contribution in [2.75, 3.05) is 53.2 Å². The van der Waals surface area contributed by atoms with E-state index in [-0.39, 0.29) is 29.2 Å². The molecule has 0 bridgehead atoms. The highest BCUT2D eigenvalue weighted by Gasteiger charge is 2.30. The lowest BCUT2D eigenvalue weighted by molar-refractivity contribution is -0.862. The van der Waals surface area contributed by atoms with Crippen LogP contribution in [0.25, 0.3) is 16.9 Å². The molecule has 4 aromatic rings. The fourth-order valence-corrected chi connectivity index (χ4v) is 5.10. The van der Waals surface area contributed by atoms with Crippen LogP contribution in [0.4, 0.5) is 20.3 Å². The molecule has 3 heterocycles. The quantitative estimate of drug-likeness (QED) is 0.309. The Balaban J connectivity index is 1.29. The summed E-state index contributed by atoms with van der Waals surface area (Å²) in [6, 6.07) is 8.02. The van der Waals surface area contributed by atoms with Crippen LogP contribution >= 0.6 is 0 Å². The van der Waals surface area contributed by atoms with Crippen LogP contribution in [0.15, 0.2) is 48.9 Å². The zero-order valence-electron chi connectivity index (χ0n) is 24.2. The van der Waals surface area contributed by atoms with Crippen LogP contribution in [0.2, 0.25) is 0 Å². The zero-order chi connectivity index (χ0) is 30.2. The lowest BCUT2D eigenvalue weighted by Crippen LogP contribution is -2.46. The van der Waals surface area contributed by atoms with Crippen LogP contribution in [0.5, 0.6) is 5.75 Å². The van der Waals surface area contributed by atoms with Crippen molar-refractivity contribution in [3.63, 3.8) is 0 Å². The number of quaternary nitrogens is 1. The molecule has 2 aromatic heterocycles. The molecule has 2 aromatic carbocycles. The second kappa shape index (κ2) is 11.4. The lowest BCUT2D eigenvalue weighted by Gasteiger charge is -2.26. The molecule has 1 fully saturated rings. The molecule has 1 atom stereocenters. The Hall–Kier alpha value is -4.58. The number of aromatic nitrogens is 3. The number of benzene rings is 2. The number of hydrogen-bond donors (Lipinski definition) is 2. The molecule has 42 heavy (non-hydrogen) atoms. The van der Waals surface area contributed by atoms with E-state index in [0.29, 0.717) is 58.9 Å². The van der Waals surface area contributed by atoms with Gasteiger partial charge in [-0.05, 0) is 49.2 Å². The van der Waals surface area contributed by atoms with Crippen LogP contribution < -0.4 is 15.4 Å². The van der Waals surface area contributed by atoms with Gasteiger partial charge in [0.25, 0.3) is 11.8 Å². The Labute approximate surface area is 242 Å². The van der Waals surface area contributed by atoms with Gasteiger partial charge in [-0.15, -0.1) is 0 Å². The fraction of sp³-hybridized carbons (Fsp3) is 0.333. The van der Waals surface area contributed by atoms with E-state index < -0.39 is 11.6 Å². The van der Waals surface area contributed by atoms with Crippen molar-refractivity contribution in [3.05, 3.63) is 71.7 Å². The van der Waals surface area contributed by atoms with Crippen molar-refractivity contribution in [1.29, 1.82) is 0 Å². The number of halogens is 2. The number of nitrogens with one attached hydrogen (secondary N) is 2. The zero-order valence-corrected chi connectivity index (χ0v) is 24.2. The Morgan fingerprint density at radius 1 is 1.12 bits per heavy atom. The molecule has 2 amide bonds. The third-order valence-corrected chi connectivity index (χ3v) is 7.19. The average Bonchev–Trinajstić information content (AvgIpc) is 3.57. The molecule has 0 spiro atoms. The Kier molecular flexibility index (Phi) is 7.83. The maximum absolute atomic E-state index is 14.8. The summed E-state index contributed by atoms with van der Waals surface area (Å²) in [4.78, 5) is 36.2. The van der Waals surface area contributed by atoms with Crippen molar-refractivity contribution in [2.24, 2.45) is 0 Å². The van der Waals surface area contributed by atoms with Gasteiger partial charge >= 0.3 is 0 Å². The summed E-state index contributed by atoms with van der Waals surface area (Å²) in [6.45, 7) is 3.38. The number of fused-ring (bicyclic) bond motifs is 1. The molecule has 0 radical (unpaired) electrons. The molecule has 10 nitrogen and oxygen atoms in total. The number of carbonyl (C=O) groups is 2. The molecule has 1 aliphatic heterocycles. The third kappa shape index (κ3) is 5.89. The van der Waals surface area contributed by atoms with E-state index in [1.54, 1.807) is 22.7 Å². The van der Waals surface area contributed by atoms with Crippen molar-refractivity contribution < 1.29 is 27.6 Å². The number of methoxy groups -OCH3 is 1. The average molecular weight is 579 g/mol. The number of amides is 2. The number of anilines is 2. The molecule has 0 saturated carbocycles. The van der Waals surface area contributed by atoms with Gasteiger partial charge < -0.3 is 24.8 Å². The van der Waals surface area contributed by atoms with Crippen LogP contribution in [-0.2, 0) is 4.79 Å². The van der Waals surface area contributed by atoms with E-state index in [1.165, 1.54) is 31.6 Å². The van der Waals surface area contributed by atoms with Gasteiger partial charge in [0, 0.05) is 48.3 Å². The van der Waals surface area contributed by atoms with Gasteiger partial charge in [0.1, 0.15) is 0 Å². The molecule has 1 saturated heterocycles. The number of nitrogens with zero attached hydrogens (tertiary/aromatic N) is 5. The second-order valence-corrected chi connectivity index (χ2v) is 11.5. The van der Waals surface area contributed by atoms with Crippen LogP contribution in [0.1, 0.15) is 22.3 Å². The topological polar surface area (TPSA) is 101 Å². The maximum Gasteiger partial charge on any atom is 0.277 e. The number of ether oxygens (including phenoxy) is 1. The van der Waals surface area contributed by atoms with E-state index in [4.69, 9.17) is 4.74 Å². The summed E-state index contributed by atoms with van der Waals surface area (Å²) < 4.78 is 36.2. The smallest absolute Gasteiger partial charge is 0.277 e. The normalized spacial score (nSPS) is 15.2. The molecule has 1 aliphatic rings. The predicted octanol–water partition coefficient (Wildman–Crippen LogP) is 3.77. The van der Waals surface area contributed by atoms with Gasteiger partial charge in [-0.3, -0.25) is 14.0 Å². The first-order valence-electron chi connectivity index (χ1n) is 13.6. The van der Waals surface area contributed by atoms with Gasteiger partial charge in [-0.2, -0.15) is 4.39 Å². The van der Waals surface area contributed by atoms with E-state index in [9.17, 15) is 18.4 Å². The van der Waals surface area contributed by atoms with Gasteiger partial charge in [0.05, 0.1) is 40.1 Å². The SMILES string of the molecule is COc1ccc(-c2cnc3c(Nc4ccc(C(=O)N[C@@H]5CCN(C(=O)C[N+](C)(C)C)C5)c(C)c4)nccn23)c(F)c1F. The number of imidazole rings is 1. The number of aryl methyl sites for hydroxylation is 1. The highest BCUT2D eigenvalue weighted by atomic mass is 19.2. The third-order valence-electron chi connectivity index (χ3n) is 7.19. The molecular weight excluding hydrogens is 544 g/mol. The number of likely N-dealkylation sites (N-methyl/N-ethyl adjacent to an activating group) is 1. The number of rotatable bonds is 8. The van der Waals surface area contributed by atoms with Gasteiger partial charge in [-0.1, -0.05) is 0 Å². The van der Waals surface area contributed by atoms with Crippen LogP contribution in [0, 0.1) is 18.6 Å². The summed E-state index contributed by atoms with van der Waals surface area (Å²) in [6.07, 6.45) is 5.31. The minimum Gasteiger partial charge on any atom is -0.494 e. The van der Waals surface area contributed by atoms with Crippen LogP contribution in [0.3, 0.4) is 0 Å². The molecular formula is C30H34F2N7O3+. The van der Waals surface area contributed by atoms with Crippen LogP contribution in [-0.4, -0.2) is 89.5 Å². The number of hydrogen-bond acceptors (Lipinski definition) is 6. The monoisotopic (exact) mass is 578 g/mol. The lowest BCUT2D eigenvalue weighted by atomic mass is 10.1. The van der Waals surface area contributed by atoms with Crippen molar-refractivity contribution in [3.8, 4) is 17.0 Å². The molecule has 5 rings (SSSR count). The highest BCUT2D eigenvalue weighted by molar-refractivity contribution is 5.96. The molecule has 0 unspecified atom stereocenters. The summed E-state index contributed by atoms with van der Waals surface area (Å²) in [5.41, 5.74) is 2.75. The van der Waals surface area contributed by atoms with Crippen molar-refractivity contribution in [1.82, 2.24) is 24.6 Å². The van der Waals surface area contributed by atoms with Crippen molar-refractivity contribution >= 4 is 29.0 Å². The highest BCUT2D eigenvalue weighted by Crippen LogP contribution is 2.31. The summed E-state index contributed by atoms with van der Waals surface area (Å²) in [5.74, 6) is -2.00. The minimum atomic E-state index is -1.07. The van der Waals surface area contributed by atoms with Crippen molar-refractivity contribution in [2.45, 2.75) is 19.4 Å². The standard InChI is InChI=1S/C30H33F2N7O3/c1-18-14-19(6-7-21(18)30(41)36-20-10-12-37(16-20)25(40)17-39(2,3)4)35-28-29-34-15-23(38(29)13-11-33-28)22-8-9-24(42-5)27(32)26(22)31/h6-9,11,13-15,20H,10,12,16-17H2,1-5H3,(H-,33,35,36,41)/p+1/t20-/m1/s1. The molecule has 12 heteroatoms. The first kappa shape index (κ1) is 28.9. The number of likely N-dealkylation sites (tertiary alicyclic amines) is 1. The fourth-order valence-electron chi connectivity index (χ4n) is 5.10. The first-order chi connectivity index (χ1) is 19.9. The van der Waals surface area contributed by atoms with Gasteiger partial charge in [0.15, 0.2) is 29.6 Å². The molecule has 2 N–H and O–H groups in total. The Morgan fingerprint density at radius 3 is 2.62 bits per heavy atom. The van der Waals surface area contributed by atoms with E-state index >= 15 is 0 Å². The maximum atomic E-state index is 14.8. The molecule has 0 aliphatic carbocycles. The summed E-state index contributed by atoms with van der Waals surface area (Å²) >= 11 is 0. The molecule has 220 valence electrons. The predicted molar refractivity (Wildman–Crippen MR) is 155 cm³/mol. The summed E-state index contributed by atoms with van der Waals surface area (Å²) in [5, 5.41) is 6.28.